The molecule has 110 valence electrons. The SMILES string of the molecule is Cc1cccc(-c2nc(CN3CC4CNCC4C3)no2)c1. The van der Waals surface area contributed by atoms with Crippen LogP contribution in [-0.2, 0) is 6.54 Å². The molecule has 2 atom stereocenters. The molecule has 2 aromatic rings. The van der Waals surface area contributed by atoms with Gasteiger partial charge in [0.1, 0.15) is 0 Å². The van der Waals surface area contributed by atoms with Crippen molar-refractivity contribution in [3.63, 3.8) is 0 Å². The van der Waals surface area contributed by atoms with Gasteiger partial charge in [0.05, 0.1) is 6.54 Å². The van der Waals surface area contributed by atoms with Gasteiger partial charge in [-0.25, -0.2) is 0 Å². The smallest absolute Gasteiger partial charge is 0.257 e. The van der Waals surface area contributed by atoms with E-state index in [1.54, 1.807) is 0 Å². The Balaban J connectivity index is 1.45. The number of benzene rings is 1. The van der Waals surface area contributed by atoms with Gasteiger partial charge in [-0.05, 0) is 44.0 Å². The zero-order valence-electron chi connectivity index (χ0n) is 12.2. The lowest BCUT2D eigenvalue weighted by molar-refractivity contribution is 0.291. The molecule has 0 amide bonds. The molecule has 2 saturated heterocycles. The summed E-state index contributed by atoms with van der Waals surface area (Å²) in [6.07, 6.45) is 0. The Morgan fingerprint density at radius 1 is 1.29 bits per heavy atom. The lowest BCUT2D eigenvalue weighted by Crippen LogP contribution is -2.25. The Hall–Kier alpha value is -1.72. The fraction of sp³-hybridized carbons (Fsp3) is 0.500. The number of hydrogen-bond acceptors (Lipinski definition) is 5. The van der Waals surface area contributed by atoms with E-state index in [-0.39, 0.29) is 0 Å². The molecule has 21 heavy (non-hydrogen) atoms. The minimum Gasteiger partial charge on any atom is -0.334 e. The zero-order chi connectivity index (χ0) is 14.2. The predicted octanol–water partition coefficient (Wildman–Crippen LogP) is 1.70. The average molecular weight is 284 g/mol. The predicted molar refractivity (Wildman–Crippen MR) is 79.6 cm³/mol. The molecule has 0 radical (unpaired) electrons. The van der Waals surface area contributed by atoms with E-state index in [1.807, 2.05) is 12.1 Å². The van der Waals surface area contributed by atoms with Crippen LogP contribution in [0.1, 0.15) is 11.4 Å². The Kier molecular flexibility index (Phi) is 3.24. The van der Waals surface area contributed by atoms with Crippen LogP contribution in [0.5, 0.6) is 0 Å². The number of hydrogen-bond donors (Lipinski definition) is 1. The van der Waals surface area contributed by atoms with Crippen molar-refractivity contribution < 1.29 is 4.52 Å². The van der Waals surface area contributed by atoms with Gasteiger partial charge >= 0.3 is 0 Å². The molecule has 1 aromatic heterocycles. The van der Waals surface area contributed by atoms with Gasteiger partial charge in [-0.1, -0.05) is 22.9 Å². The highest BCUT2D eigenvalue weighted by Gasteiger charge is 2.36. The molecule has 2 aliphatic heterocycles. The van der Waals surface area contributed by atoms with E-state index in [0.717, 1.165) is 55.9 Å². The summed E-state index contributed by atoms with van der Waals surface area (Å²) in [5, 5.41) is 7.60. The minimum absolute atomic E-state index is 0.620. The van der Waals surface area contributed by atoms with Gasteiger partial charge in [0.2, 0.25) is 0 Å². The summed E-state index contributed by atoms with van der Waals surface area (Å²) in [5.74, 6) is 3.01. The second-order valence-corrected chi connectivity index (χ2v) is 6.26. The van der Waals surface area contributed by atoms with Crippen molar-refractivity contribution in [2.24, 2.45) is 11.8 Å². The van der Waals surface area contributed by atoms with Crippen LogP contribution in [0, 0.1) is 18.8 Å². The van der Waals surface area contributed by atoms with Crippen molar-refractivity contribution >= 4 is 0 Å². The summed E-state index contributed by atoms with van der Waals surface area (Å²) in [6.45, 7) is 7.46. The molecule has 3 heterocycles. The maximum atomic E-state index is 5.41. The highest BCUT2D eigenvalue weighted by molar-refractivity contribution is 5.53. The van der Waals surface area contributed by atoms with Crippen LogP contribution < -0.4 is 5.32 Å². The first-order valence-corrected chi connectivity index (χ1v) is 7.60. The number of likely N-dealkylation sites (tertiary alicyclic amines) is 1. The van der Waals surface area contributed by atoms with Crippen LogP contribution in [0.4, 0.5) is 0 Å². The summed E-state index contributed by atoms with van der Waals surface area (Å²) < 4.78 is 5.41. The molecule has 0 spiro atoms. The highest BCUT2D eigenvalue weighted by Crippen LogP contribution is 2.27. The van der Waals surface area contributed by atoms with Crippen LogP contribution in [0.25, 0.3) is 11.5 Å². The molecule has 4 rings (SSSR count). The largest absolute Gasteiger partial charge is 0.334 e. The third kappa shape index (κ3) is 2.59. The van der Waals surface area contributed by atoms with Gasteiger partial charge in [-0.2, -0.15) is 4.98 Å². The molecule has 1 aromatic carbocycles. The van der Waals surface area contributed by atoms with Crippen LogP contribution in [0.2, 0.25) is 0 Å². The molecule has 0 saturated carbocycles. The first kappa shape index (κ1) is 13.0. The van der Waals surface area contributed by atoms with Gasteiger partial charge in [0.15, 0.2) is 5.82 Å². The molecule has 0 bridgehead atoms. The molecule has 2 fully saturated rings. The Morgan fingerprint density at radius 3 is 2.86 bits per heavy atom. The normalized spacial score (nSPS) is 25.4. The van der Waals surface area contributed by atoms with Gasteiger partial charge < -0.3 is 9.84 Å². The maximum Gasteiger partial charge on any atom is 0.257 e. The van der Waals surface area contributed by atoms with E-state index in [4.69, 9.17) is 4.52 Å². The third-order valence-corrected chi connectivity index (χ3v) is 4.56. The number of rotatable bonds is 3. The second kappa shape index (κ2) is 5.24. The Labute approximate surface area is 124 Å². The average Bonchev–Trinajstić information content (AvgIpc) is 3.14. The van der Waals surface area contributed by atoms with Crippen LogP contribution in [0.15, 0.2) is 28.8 Å². The zero-order valence-corrected chi connectivity index (χ0v) is 12.2. The Bertz CT molecular complexity index is 627. The second-order valence-electron chi connectivity index (χ2n) is 6.26. The summed E-state index contributed by atoms with van der Waals surface area (Å²) in [4.78, 5) is 6.99. The first-order valence-electron chi connectivity index (χ1n) is 7.60. The quantitative estimate of drug-likeness (QED) is 0.929. The molecule has 2 aliphatic rings. The van der Waals surface area contributed by atoms with E-state index >= 15 is 0 Å². The third-order valence-electron chi connectivity index (χ3n) is 4.56. The van der Waals surface area contributed by atoms with Gasteiger partial charge in [-0.3, -0.25) is 4.90 Å². The monoisotopic (exact) mass is 284 g/mol. The maximum absolute atomic E-state index is 5.41. The van der Waals surface area contributed by atoms with E-state index in [0.29, 0.717) is 5.89 Å². The van der Waals surface area contributed by atoms with E-state index in [9.17, 15) is 0 Å². The molecule has 5 nitrogen and oxygen atoms in total. The van der Waals surface area contributed by atoms with Crippen LogP contribution in [-0.4, -0.2) is 41.2 Å². The standard InChI is InChI=1S/C16H20N4O/c1-11-3-2-4-12(5-11)16-18-15(19-21-16)10-20-8-13-6-17-7-14(13)9-20/h2-5,13-14,17H,6-10H2,1H3. The summed E-state index contributed by atoms with van der Waals surface area (Å²) in [5.41, 5.74) is 2.20. The van der Waals surface area contributed by atoms with Crippen LogP contribution >= 0.6 is 0 Å². The number of nitrogens with zero attached hydrogens (tertiary/aromatic N) is 3. The molecule has 2 unspecified atom stereocenters. The number of nitrogens with one attached hydrogen (secondary N) is 1. The summed E-state index contributed by atoms with van der Waals surface area (Å²) in [6, 6.07) is 8.17. The van der Waals surface area contributed by atoms with E-state index < -0.39 is 0 Å². The lowest BCUT2D eigenvalue weighted by Gasteiger charge is -2.13. The minimum atomic E-state index is 0.620. The number of fused-ring (bicyclic) bond motifs is 1. The van der Waals surface area contributed by atoms with Crippen molar-refractivity contribution in [2.75, 3.05) is 26.2 Å². The van der Waals surface area contributed by atoms with E-state index in [1.165, 1.54) is 5.56 Å². The Morgan fingerprint density at radius 2 is 2.10 bits per heavy atom. The molecule has 0 aliphatic carbocycles. The fourth-order valence-electron chi connectivity index (χ4n) is 3.50. The topological polar surface area (TPSA) is 54.2 Å². The molecule has 1 N–H and O–H groups in total. The van der Waals surface area contributed by atoms with E-state index in [2.05, 4.69) is 39.4 Å². The van der Waals surface area contributed by atoms with Gasteiger partial charge in [0, 0.05) is 18.7 Å². The molecular formula is C16H20N4O. The number of aryl methyl sites for hydroxylation is 1. The van der Waals surface area contributed by atoms with Crippen LogP contribution in [0.3, 0.4) is 0 Å². The van der Waals surface area contributed by atoms with Crippen molar-refractivity contribution in [2.45, 2.75) is 13.5 Å². The van der Waals surface area contributed by atoms with Crippen molar-refractivity contribution in [3.05, 3.63) is 35.7 Å². The summed E-state index contributed by atoms with van der Waals surface area (Å²) in [7, 11) is 0. The lowest BCUT2D eigenvalue weighted by atomic mass is 10.0. The number of aromatic nitrogens is 2. The summed E-state index contributed by atoms with van der Waals surface area (Å²) >= 11 is 0. The molecule has 5 heteroatoms. The van der Waals surface area contributed by atoms with Gasteiger partial charge in [0.25, 0.3) is 5.89 Å². The molecular weight excluding hydrogens is 264 g/mol. The van der Waals surface area contributed by atoms with Crippen molar-refractivity contribution in [1.29, 1.82) is 0 Å². The van der Waals surface area contributed by atoms with Crippen molar-refractivity contribution in [1.82, 2.24) is 20.4 Å². The van der Waals surface area contributed by atoms with Crippen molar-refractivity contribution in [3.8, 4) is 11.5 Å². The fourth-order valence-corrected chi connectivity index (χ4v) is 3.50. The highest BCUT2D eigenvalue weighted by atomic mass is 16.5. The first-order chi connectivity index (χ1) is 10.3. The van der Waals surface area contributed by atoms with Gasteiger partial charge in [-0.15, -0.1) is 0 Å².